The fourth-order valence-corrected chi connectivity index (χ4v) is 2.05. The zero-order valence-electron chi connectivity index (χ0n) is 11.0. The number of esters is 1. The van der Waals surface area contributed by atoms with Crippen molar-refractivity contribution >= 4 is 12.1 Å². The van der Waals surface area contributed by atoms with Crippen molar-refractivity contribution < 1.29 is 19.1 Å². The summed E-state index contributed by atoms with van der Waals surface area (Å²) in [6.45, 7) is 5.35. The average molecular weight is 243 g/mol. The molecule has 1 N–H and O–H groups in total. The SMILES string of the molecule is COC(=O)C1(NC(=O)OC(C)(C)C)CCCC1. The van der Waals surface area contributed by atoms with Gasteiger partial charge in [-0.15, -0.1) is 0 Å². The summed E-state index contributed by atoms with van der Waals surface area (Å²) in [6.07, 6.45) is 2.47. The highest BCUT2D eigenvalue weighted by atomic mass is 16.6. The van der Waals surface area contributed by atoms with E-state index in [9.17, 15) is 9.59 Å². The second-order valence-corrected chi connectivity index (χ2v) is 5.41. The summed E-state index contributed by atoms with van der Waals surface area (Å²) in [4.78, 5) is 23.4. The maximum Gasteiger partial charge on any atom is 0.408 e. The largest absolute Gasteiger partial charge is 0.467 e. The molecule has 5 nitrogen and oxygen atoms in total. The van der Waals surface area contributed by atoms with Gasteiger partial charge in [0, 0.05) is 0 Å². The lowest BCUT2D eigenvalue weighted by Gasteiger charge is -2.29. The summed E-state index contributed by atoms with van der Waals surface area (Å²) in [6, 6.07) is 0. The summed E-state index contributed by atoms with van der Waals surface area (Å²) in [5.41, 5.74) is -1.46. The Labute approximate surface area is 102 Å². The Morgan fingerprint density at radius 2 is 1.71 bits per heavy atom. The summed E-state index contributed by atoms with van der Waals surface area (Å²) in [7, 11) is 1.33. The lowest BCUT2D eigenvalue weighted by atomic mass is 9.98. The number of nitrogens with one attached hydrogen (secondary N) is 1. The number of hydrogen-bond acceptors (Lipinski definition) is 4. The van der Waals surface area contributed by atoms with E-state index in [1.165, 1.54) is 7.11 Å². The number of alkyl carbamates (subject to hydrolysis) is 1. The van der Waals surface area contributed by atoms with Gasteiger partial charge >= 0.3 is 12.1 Å². The minimum Gasteiger partial charge on any atom is -0.467 e. The van der Waals surface area contributed by atoms with Gasteiger partial charge < -0.3 is 14.8 Å². The standard InChI is InChI=1S/C12H21NO4/c1-11(2,3)17-10(15)13-12(9(14)16-4)7-5-6-8-12/h5-8H2,1-4H3,(H,13,15). The highest BCUT2D eigenvalue weighted by Crippen LogP contribution is 2.31. The van der Waals surface area contributed by atoms with Crippen molar-refractivity contribution in [3.05, 3.63) is 0 Å². The van der Waals surface area contributed by atoms with Crippen LogP contribution >= 0.6 is 0 Å². The van der Waals surface area contributed by atoms with Crippen LogP contribution in [0.3, 0.4) is 0 Å². The Hall–Kier alpha value is -1.26. The van der Waals surface area contributed by atoms with Crippen molar-refractivity contribution in [1.82, 2.24) is 5.32 Å². The molecule has 1 saturated carbocycles. The fourth-order valence-electron chi connectivity index (χ4n) is 2.05. The van der Waals surface area contributed by atoms with Gasteiger partial charge in [-0.2, -0.15) is 0 Å². The number of rotatable bonds is 2. The highest BCUT2D eigenvalue weighted by Gasteiger charge is 2.44. The minimum absolute atomic E-state index is 0.388. The van der Waals surface area contributed by atoms with E-state index < -0.39 is 17.2 Å². The molecule has 0 atom stereocenters. The molecule has 5 heteroatoms. The lowest BCUT2D eigenvalue weighted by Crippen LogP contribution is -2.54. The molecule has 17 heavy (non-hydrogen) atoms. The van der Waals surface area contributed by atoms with Crippen LogP contribution in [0.25, 0.3) is 0 Å². The van der Waals surface area contributed by atoms with Crippen molar-refractivity contribution in [3.63, 3.8) is 0 Å². The first-order valence-corrected chi connectivity index (χ1v) is 5.89. The summed E-state index contributed by atoms with van der Waals surface area (Å²) >= 11 is 0. The number of carbonyl (C=O) groups is 2. The van der Waals surface area contributed by atoms with Crippen LogP contribution in [-0.2, 0) is 14.3 Å². The second-order valence-electron chi connectivity index (χ2n) is 5.41. The van der Waals surface area contributed by atoms with Crippen LogP contribution in [0.2, 0.25) is 0 Å². The molecule has 0 aliphatic heterocycles. The summed E-state index contributed by atoms with van der Waals surface area (Å²) in [5.74, 6) is -0.388. The van der Waals surface area contributed by atoms with Gasteiger partial charge in [0.1, 0.15) is 11.1 Å². The van der Waals surface area contributed by atoms with Crippen molar-refractivity contribution in [1.29, 1.82) is 0 Å². The fraction of sp³-hybridized carbons (Fsp3) is 0.833. The van der Waals surface area contributed by atoms with Gasteiger partial charge in [0.15, 0.2) is 0 Å². The number of hydrogen-bond donors (Lipinski definition) is 1. The molecule has 1 amide bonds. The molecule has 98 valence electrons. The van der Waals surface area contributed by atoms with Crippen molar-refractivity contribution in [2.24, 2.45) is 0 Å². The predicted octanol–water partition coefficient (Wildman–Crippen LogP) is 2.00. The molecular weight excluding hydrogens is 222 g/mol. The smallest absolute Gasteiger partial charge is 0.408 e. The van der Waals surface area contributed by atoms with Crippen LogP contribution in [0.15, 0.2) is 0 Å². The van der Waals surface area contributed by atoms with E-state index in [-0.39, 0.29) is 5.97 Å². The van der Waals surface area contributed by atoms with Gasteiger partial charge in [0.05, 0.1) is 7.11 Å². The Kier molecular flexibility index (Phi) is 4.01. The van der Waals surface area contributed by atoms with E-state index in [2.05, 4.69) is 5.32 Å². The average Bonchev–Trinajstić information content (AvgIpc) is 2.63. The second kappa shape index (κ2) is 4.94. The Morgan fingerprint density at radius 3 is 2.12 bits per heavy atom. The number of amides is 1. The Bertz CT molecular complexity index is 300. The maximum absolute atomic E-state index is 11.7. The van der Waals surface area contributed by atoms with E-state index in [4.69, 9.17) is 9.47 Å². The molecule has 1 aliphatic rings. The first kappa shape index (κ1) is 13.8. The number of methoxy groups -OCH3 is 1. The van der Waals surface area contributed by atoms with Gasteiger partial charge in [-0.05, 0) is 33.6 Å². The van der Waals surface area contributed by atoms with Gasteiger partial charge in [-0.1, -0.05) is 12.8 Å². The molecule has 1 rings (SSSR count). The first-order valence-electron chi connectivity index (χ1n) is 5.89. The van der Waals surface area contributed by atoms with Crippen LogP contribution in [0, 0.1) is 0 Å². The molecule has 0 radical (unpaired) electrons. The van der Waals surface area contributed by atoms with E-state index in [1.807, 2.05) is 0 Å². The van der Waals surface area contributed by atoms with Crippen molar-refractivity contribution in [2.45, 2.75) is 57.6 Å². The van der Waals surface area contributed by atoms with Crippen LogP contribution in [0.1, 0.15) is 46.5 Å². The third kappa shape index (κ3) is 3.61. The third-order valence-corrected chi connectivity index (χ3v) is 2.77. The zero-order valence-corrected chi connectivity index (χ0v) is 11.0. The third-order valence-electron chi connectivity index (χ3n) is 2.77. The van der Waals surface area contributed by atoms with E-state index in [0.29, 0.717) is 12.8 Å². The first-order chi connectivity index (χ1) is 7.79. The predicted molar refractivity (Wildman–Crippen MR) is 62.6 cm³/mol. The van der Waals surface area contributed by atoms with Gasteiger partial charge in [-0.3, -0.25) is 0 Å². The van der Waals surface area contributed by atoms with Crippen molar-refractivity contribution in [3.8, 4) is 0 Å². The molecule has 1 aliphatic carbocycles. The minimum atomic E-state index is -0.892. The van der Waals surface area contributed by atoms with Crippen LogP contribution in [-0.4, -0.2) is 30.3 Å². The lowest BCUT2D eigenvalue weighted by molar-refractivity contribution is -0.148. The van der Waals surface area contributed by atoms with Crippen molar-refractivity contribution in [2.75, 3.05) is 7.11 Å². The van der Waals surface area contributed by atoms with E-state index in [1.54, 1.807) is 20.8 Å². The molecule has 0 saturated heterocycles. The molecule has 1 fully saturated rings. The quantitative estimate of drug-likeness (QED) is 0.753. The van der Waals surface area contributed by atoms with Gasteiger partial charge in [0.25, 0.3) is 0 Å². The van der Waals surface area contributed by atoms with E-state index in [0.717, 1.165) is 12.8 Å². The normalized spacial score (nSPS) is 18.6. The van der Waals surface area contributed by atoms with Crippen LogP contribution in [0.4, 0.5) is 4.79 Å². The molecule has 0 aromatic carbocycles. The monoisotopic (exact) mass is 243 g/mol. The number of ether oxygens (including phenoxy) is 2. The van der Waals surface area contributed by atoms with E-state index >= 15 is 0 Å². The zero-order chi connectivity index (χ0) is 13.1. The molecule has 0 bridgehead atoms. The molecule has 0 aromatic heterocycles. The van der Waals surface area contributed by atoms with Crippen LogP contribution in [0.5, 0.6) is 0 Å². The maximum atomic E-state index is 11.7. The molecule has 0 heterocycles. The topological polar surface area (TPSA) is 64.6 Å². The van der Waals surface area contributed by atoms with Crippen LogP contribution < -0.4 is 5.32 Å². The number of carbonyl (C=O) groups excluding carboxylic acids is 2. The summed E-state index contributed by atoms with van der Waals surface area (Å²) in [5, 5.41) is 2.66. The van der Waals surface area contributed by atoms with Gasteiger partial charge in [-0.25, -0.2) is 9.59 Å². The van der Waals surface area contributed by atoms with Gasteiger partial charge in [0.2, 0.25) is 0 Å². The molecule has 0 aromatic rings. The molecular formula is C12H21NO4. The highest BCUT2D eigenvalue weighted by molar-refractivity contribution is 5.86. The Balaban J connectivity index is 2.68. The molecule has 0 spiro atoms. The Morgan fingerprint density at radius 1 is 1.18 bits per heavy atom. The summed E-state index contributed by atoms with van der Waals surface area (Å²) < 4.78 is 9.92. The molecule has 0 unspecified atom stereocenters.